The number of para-hydroxylation sites is 1. The number of carbonyl (C=O) groups is 1. The second-order valence-corrected chi connectivity index (χ2v) is 11.2. The van der Waals surface area contributed by atoms with Gasteiger partial charge in [-0.3, -0.25) is 9.69 Å². The van der Waals surface area contributed by atoms with Crippen LogP contribution in [-0.4, -0.2) is 43.8 Å². The molecule has 1 aliphatic rings. The maximum Gasteiger partial charge on any atom is 0.243 e. The molecule has 1 aliphatic heterocycles. The lowest BCUT2D eigenvalue weighted by atomic mass is 9.97. The summed E-state index contributed by atoms with van der Waals surface area (Å²) in [6, 6.07) is 11.6. The van der Waals surface area contributed by atoms with Gasteiger partial charge in [0.15, 0.2) is 5.13 Å². The normalized spacial score (nSPS) is 16.0. The first-order chi connectivity index (χ1) is 14.7. The van der Waals surface area contributed by atoms with Crippen molar-refractivity contribution in [1.29, 1.82) is 0 Å². The molecule has 1 fully saturated rings. The summed E-state index contributed by atoms with van der Waals surface area (Å²) in [6.07, 6.45) is 1.02. The Morgan fingerprint density at radius 2 is 1.71 bits per heavy atom. The van der Waals surface area contributed by atoms with E-state index in [1.54, 1.807) is 11.9 Å². The number of fused-ring (bicyclic) bond motifs is 1. The predicted octanol–water partition coefficient (Wildman–Crippen LogP) is 4.29. The second kappa shape index (κ2) is 8.33. The van der Waals surface area contributed by atoms with Gasteiger partial charge in [-0.1, -0.05) is 41.2 Å². The molecule has 31 heavy (non-hydrogen) atoms. The van der Waals surface area contributed by atoms with E-state index in [0.29, 0.717) is 36.0 Å². The van der Waals surface area contributed by atoms with Gasteiger partial charge < -0.3 is 0 Å². The van der Waals surface area contributed by atoms with Crippen LogP contribution in [0.25, 0.3) is 10.2 Å². The summed E-state index contributed by atoms with van der Waals surface area (Å²) in [5.74, 6) is -0.206. The highest BCUT2D eigenvalue weighted by Crippen LogP contribution is 2.32. The number of thiazole rings is 1. The molecule has 0 N–H and O–H groups in total. The van der Waals surface area contributed by atoms with E-state index in [1.165, 1.54) is 15.6 Å². The van der Waals surface area contributed by atoms with Crippen LogP contribution in [0.3, 0.4) is 0 Å². The number of aromatic nitrogens is 1. The van der Waals surface area contributed by atoms with Crippen LogP contribution in [0.15, 0.2) is 41.3 Å². The highest BCUT2D eigenvalue weighted by molar-refractivity contribution is 7.89. The Labute approximate surface area is 187 Å². The molecule has 0 unspecified atom stereocenters. The van der Waals surface area contributed by atoms with Gasteiger partial charge >= 0.3 is 0 Å². The fraction of sp³-hybridized carbons (Fsp3) is 0.391. The molecule has 1 aromatic heterocycles. The monoisotopic (exact) mass is 457 g/mol. The third-order valence-corrected chi connectivity index (χ3v) is 9.22. The van der Waals surface area contributed by atoms with E-state index in [-0.39, 0.29) is 11.8 Å². The molecule has 0 atom stereocenters. The molecule has 164 valence electrons. The average molecular weight is 458 g/mol. The molecule has 0 saturated carbocycles. The molecule has 8 heteroatoms. The molecule has 0 spiro atoms. The van der Waals surface area contributed by atoms with Gasteiger partial charge in [-0.25, -0.2) is 13.4 Å². The van der Waals surface area contributed by atoms with E-state index in [2.05, 4.69) is 4.98 Å². The van der Waals surface area contributed by atoms with Gasteiger partial charge in [0.2, 0.25) is 15.9 Å². The van der Waals surface area contributed by atoms with Gasteiger partial charge in [-0.05, 0) is 56.9 Å². The number of hydrogen-bond donors (Lipinski definition) is 0. The van der Waals surface area contributed by atoms with E-state index in [9.17, 15) is 13.2 Å². The fourth-order valence-electron chi connectivity index (χ4n) is 4.42. The summed E-state index contributed by atoms with van der Waals surface area (Å²) in [5.41, 5.74) is 3.47. The number of carbonyl (C=O) groups excluding carboxylic acids is 1. The number of sulfonamides is 1. The van der Waals surface area contributed by atoms with Crippen molar-refractivity contribution in [3.63, 3.8) is 0 Å². The summed E-state index contributed by atoms with van der Waals surface area (Å²) < 4.78 is 29.2. The van der Waals surface area contributed by atoms with Crippen molar-refractivity contribution in [3.05, 3.63) is 53.1 Å². The molecular weight excluding hydrogens is 430 g/mol. The van der Waals surface area contributed by atoms with Crippen molar-refractivity contribution < 1.29 is 13.2 Å². The van der Waals surface area contributed by atoms with Crippen molar-refractivity contribution in [1.82, 2.24) is 9.29 Å². The summed E-state index contributed by atoms with van der Waals surface area (Å²) >= 11 is 1.49. The smallest absolute Gasteiger partial charge is 0.243 e. The van der Waals surface area contributed by atoms with Crippen LogP contribution in [0.5, 0.6) is 0 Å². The quantitative estimate of drug-likeness (QED) is 0.586. The Hall–Kier alpha value is -2.29. The zero-order valence-corrected chi connectivity index (χ0v) is 19.9. The molecule has 3 aromatic rings. The molecule has 1 saturated heterocycles. The lowest BCUT2D eigenvalue weighted by molar-refractivity contribution is -0.123. The first kappa shape index (κ1) is 21.9. The van der Waals surface area contributed by atoms with Crippen LogP contribution in [0, 0.1) is 26.7 Å². The van der Waals surface area contributed by atoms with Gasteiger partial charge in [0.25, 0.3) is 0 Å². The highest BCUT2D eigenvalue weighted by Gasteiger charge is 2.35. The van der Waals surface area contributed by atoms with Gasteiger partial charge in [0.1, 0.15) is 0 Å². The van der Waals surface area contributed by atoms with Crippen LogP contribution in [0.1, 0.15) is 29.5 Å². The fourth-order valence-corrected chi connectivity index (χ4v) is 7.23. The molecule has 6 nitrogen and oxygen atoms in total. The molecule has 4 rings (SSSR count). The molecule has 0 bridgehead atoms. The Morgan fingerprint density at radius 3 is 2.32 bits per heavy atom. The van der Waals surface area contributed by atoms with E-state index >= 15 is 0 Å². The lowest BCUT2D eigenvalue weighted by Gasteiger charge is -2.32. The van der Waals surface area contributed by atoms with E-state index < -0.39 is 10.0 Å². The van der Waals surface area contributed by atoms with Gasteiger partial charge in [-0.2, -0.15) is 4.31 Å². The first-order valence-electron chi connectivity index (χ1n) is 10.4. The van der Waals surface area contributed by atoms with Gasteiger partial charge in [0, 0.05) is 26.1 Å². The van der Waals surface area contributed by atoms with Crippen molar-refractivity contribution in [2.75, 3.05) is 25.0 Å². The summed E-state index contributed by atoms with van der Waals surface area (Å²) in [4.78, 5) is 19.7. The Morgan fingerprint density at radius 1 is 1.10 bits per heavy atom. The highest BCUT2D eigenvalue weighted by atomic mass is 32.2. The first-order valence-corrected chi connectivity index (χ1v) is 12.7. The summed E-state index contributed by atoms with van der Waals surface area (Å²) in [7, 11) is -1.83. The molecular formula is C23H27N3O3S2. The topological polar surface area (TPSA) is 70.6 Å². The standard InChI is InChI=1S/C23H27N3O3S2/c1-15-13-16(2)21(17(3)14-15)31(28,29)26-11-9-18(10-12-26)22(27)25(4)23-24-19-7-5-6-8-20(19)30-23/h5-8,13-14,18H,9-12H2,1-4H3. The largest absolute Gasteiger partial charge is 0.291 e. The van der Waals surface area contributed by atoms with Crippen LogP contribution in [0.2, 0.25) is 0 Å². The molecule has 0 aliphatic carbocycles. The molecule has 2 heterocycles. The maximum atomic E-state index is 13.3. The van der Waals surface area contributed by atoms with Crippen LogP contribution < -0.4 is 4.90 Å². The molecule has 0 radical (unpaired) electrons. The lowest BCUT2D eigenvalue weighted by Crippen LogP contribution is -2.43. The van der Waals surface area contributed by atoms with Crippen molar-refractivity contribution >= 4 is 42.6 Å². The van der Waals surface area contributed by atoms with Crippen molar-refractivity contribution in [3.8, 4) is 0 Å². The zero-order chi connectivity index (χ0) is 22.3. The summed E-state index contributed by atoms with van der Waals surface area (Å²) in [6.45, 7) is 6.35. The third kappa shape index (κ3) is 4.12. The summed E-state index contributed by atoms with van der Waals surface area (Å²) in [5, 5.41) is 0.673. The van der Waals surface area contributed by atoms with Crippen molar-refractivity contribution in [2.24, 2.45) is 5.92 Å². The zero-order valence-electron chi connectivity index (χ0n) is 18.3. The average Bonchev–Trinajstić information content (AvgIpc) is 3.16. The minimum absolute atomic E-state index is 0.00111. The minimum Gasteiger partial charge on any atom is -0.291 e. The number of aryl methyl sites for hydroxylation is 3. The number of rotatable bonds is 4. The second-order valence-electron chi connectivity index (χ2n) is 8.27. The predicted molar refractivity (Wildman–Crippen MR) is 125 cm³/mol. The van der Waals surface area contributed by atoms with Crippen LogP contribution in [0.4, 0.5) is 5.13 Å². The van der Waals surface area contributed by atoms with E-state index in [0.717, 1.165) is 26.9 Å². The number of benzene rings is 2. The maximum absolute atomic E-state index is 13.3. The number of piperidine rings is 1. The van der Waals surface area contributed by atoms with E-state index in [1.807, 2.05) is 57.2 Å². The molecule has 2 aromatic carbocycles. The Kier molecular flexibility index (Phi) is 5.89. The Balaban J connectivity index is 1.47. The van der Waals surface area contributed by atoms with Gasteiger partial charge in [-0.15, -0.1) is 0 Å². The minimum atomic E-state index is -3.58. The van der Waals surface area contributed by atoms with Crippen LogP contribution >= 0.6 is 11.3 Å². The molecule has 1 amide bonds. The SMILES string of the molecule is Cc1cc(C)c(S(=O)(=O)N2CCC(C(=O)N(C)c3nc4ccccc4s3)CC2)c(C)c1. The Bertz CT molecular complexity index is 1190. The van der Waals surface area contributed by atoms with Crippen LogP contribution in [-0.2, 0) is 14.8 Å². The van der Waals surface area contributed by atoms with Crippen molar-refractivity contribution in [2.45, 2.75) is 38.5 Å². The number of anilines is 1. The van der Waals surface area contributed by atoms with E-state index in [4.69, 9.17) is 0 Å². The number of amides is 1. The number of hydrogen-bond acceptors (Lipinski definition) is 5. The third-order valence-electron chi connectivity index (χ3n) is 5.91. The van der Waals surface area contributed by atoms with Gasteiger partial charge in [0.05, 0.1) is 15.1 Å². The number of nitrogens with zero attached hydrogens (tertiary/aromatic N) is 3.